The largest absolute Gasteiger partial charge is 0.390 e. The van der Waals surface area contributed by atoms with Gasteiger partial charge in [-0.2, -0.15) is 0 Å². The van der Waals surface area contributed by atoms with E-state index >= 15 is 0 Å². The molecule has 3 nitrogen and oxygen atoms in total. The van der Waals surface area contributed by atoms with E-state index in [9.17, 15) is 0 Å². The molecule has 0 aliphatic carbocycles. The molecule has 14 heavy (non-hydrogen) atoms. The predicted octanol–water partition coefficient (Wildman–Crippen LogP) is 1.84. The van der Waals surface area contributed by atoms with Gasteiger partial charge in [0.15, 0.2) is 0 Å². The van der Waals surface area contributed by atoms with Crippen LogP contribution in [0.3, 0.4) is 0 Å². The number of thiazole rings is 1. The Balaban J connectivity index is 2.14. The van der Waals surface area contributed by atoms with E-state index in [1.165, 1.54) is 5.01 Å². The van der Waals surface area contributed by atoms with Gasteiger partial charge in [0.1, 0.15) is 0 Å². The lowest BCUT2D eigenvalue weighted by Gasteiger charge is -2.19. The SMILES string of the molecule is Cc1sc(C2CCOCC2)nc1CO. The molecule has 2 rings (SSSR count). The second kappa shape index (κ2) is 4.38. The van der Waals surface area contributed by atoms with E-state index in [2.05, 4.69) is 4.98 Å². The molecular weight excluding hydrogens is 198 g/mol. The van der Waals surface area contributed by atoms with Gasteiger partial charge < -0.3 is 9.84 Å². The molecule has 2 heterocycles. The molecule has 0 amide bonds. The average molecular weight is 213 g/mol. The van der Waals surface area contributed by atoms with Crippen molar-refractivity contribution >= 4 is 11.3 Å². The van der Waals surface area contributed by atoms with Crippen molar-refractivity contribution < 1.29 is 9.84 Å². The van der Waals surface area contributed by atoms with Crippen LogP contribution in [0.5, 0.6) is 0 Å². The number of nitrogens with zero attached hydrogens (tertiary/aromatic N) is 1. The fraction of sp³-hybridized carbons (Fsp3) is 0.700. The number of rotatable bonds is 2. The second-order valence-corrected chi connectivity index (χ2v) is 4.83. The Morgan fingerprint density at radius 2 is 2.21 bits per heavy atom. The minimum Gasteiger partial charge on any atom is -0.390 e. The van der Waals surface area contributed by atoms with E-state index in [-0.39, 0.29) is 6.61 Å². The maximum atomic E-state index is 9.05. The van der Waals surface area contributed by atoms with Crippen molar-refractivity contribution in [1.82, 2.24) is 4.98 Å². The Labute approximate surface area is 87.7 Å². The highest BCUT2D eigenvalue weighted by Gasteiger charge is 2.20. The summed E-state index contributed by atoms with van der Waals surface area (Å²) in [5, 5.41) is 10.2. The molecule has 0 aromatic carbocycles. The van der Waals surface area contributed by atoms with Gasteiger partial charge in [-0.3, -0.25) is 0 Å². The predicted molar refractivity (Wildman–Crippen MR) is 55.6 cm³/mol. The Kier molecular flexibility index (Phi) is 3.15. The van der Waals surface area contributed by atoms with Crippen molar-refractivity contribution in [3.05, 3.63) is 15.6 Å². The fourth-order valence-electron chi connectivity index (χ4n) is 1.72. The standard InChI is InChI=1S/C10H15NO2S/c1-7-9(6-12)11-10(14-7)8-2-4-13-5-3-8/h8,12H,2-6H2,1H3. The topological polar surface area (TPSA) is 42.4 Å². The van der Waals surface area contributed by atoms with Gasteiger partial charge in [-0.1, -0.05) is 0 Å². The van der Waals surface area contributed by atoms with Crippen LogP contribution in [-0.4, -0.2) is 23.3 Å². The van der Waals surface area contributed by atoms with Crippen molar-refractivity contribution in [2.24, 2.45) is 0 Å². The van der Waals surface area contributed by atoms with Crippen LogP contribution >= 0.6 is 11.3 Å². The van der Waals surface area contributed by atoms with Crippen LogP contribution in [0.1, 0.15) is 34.3 Å². The maximum Gasteiger partial charge on any atom is 0.0964 e. The van der Waals surface area contributed by atoms with Crippen LogP contribution in [0.15, 0.2) is 0 Å². The fourth-order valence-corrected chi connectivity index (χ4v) is 2.82. The average Bonchev–Trinajstić information content (AvgIpc) is 2.61. The first-order valence-electron chi connectivity index (χ1n) is 4.96. The molecule has 1 aromatic heterocycles. The van der Waals surface area contributed by atoms with Crippen LogP contribution in [-0.2, 0) is 11.3 Å². The van der Waals surface area contributed by atoms with E-state index in [0.717, 1.165) is 36.6 Å². The Bertz CT molecular complexity index is 305. The molecule has 1 fully saturated rings. The maximum absolute atomic E-state index is 9.05. The summed E-state index contributed by atoms with van der Waals surface area (Å²) in [5.74, 6) is 0.549. The van der Waals surface area contributed by atoms with Gasteiger partial charge in [0.05, 0.1) is 17.3 Å². The van der Waals surface area contributed by atoms with Crippen LogP contribution in [0.25, 0.3) is 0 Å². The number of aliphatic hydroxyl groups is 1. The molecule has 1 aromatic rings. The molecular formula is C10H15NO2S. The minimum absolute atomic E-state index is 0.0611. The van der Waals surface area contributed by atoms with Crippen LogP contribution in [0, 0.1) is 6.92 Å². The zero-order valence-corrected chi connectivity index (χ0v) is 9.14. The third-order valence-electron chi connectivity index (χ3n) is 2.63. The number of aryl methyl sites for hydroxylation is 1. The molecule has 0 radical (unpaired) electrons. The Hall–Kier alpha value is -0.450. The van der Waals surface area contributed by atoms with E-state index in [1.807, 2.05) is 6.92 Å². The Morgan fingerprint density at radius 1 is 1.50 bits per heavy atom. The first-order valence-corrected chi connectivity index (χ1v) is 5.77. The zero-order valence-electron chi connectivity index (χ0n) is 8.32. The van der Waals surface area contributed by atoms with Gasteiger partial charge in [-0.25, -0.2) is 4.98 Å². The number of aromatic nitrogens is 1. The van der Waals surface area contributed by atoms with Crippen molar-refractivity contribution in [2.75, 3.05) is 13.2 Å². The minimum atomic E-state index is 0.0611. The molecule has 1 aliphatic rings. The third-order valence-corrected chi connectivity index (χ3v) is 3.81. The van der Waals surface area contributed by atoms with Gasteiger partial charge in [-0.05, 0) is 19.8 Å². The summed E-state index contributed by atoms with van der Waals surface area (Å²) in [6.07, 6.45) is 2.13. The van der Waals surface area contributed by atoms with Gasteiger partial charge in [-0.15, -0.1) is 11.3 Å². The zero-order chi connectivity index (χ0) is 9.97. The summed E-state index contributed by atoms with van der Waals surface area (Å²) in [6, 6.07) is 0. The molecule has 1 aliphatic heterocycles. The van der Waals surface area contributed by atoms with Crippen molar-refractivity contribution in [3.63, 3.8) is 0 Å². The van der Waals surface area contributed by atoms with Crippen molar-refractivity contribution in [1.29, 1.82) is 0 Å². The molecule has 1 N–H and O–H groups in total. The summed E-state index contributed by atoms with van der Waals surface area (Å²) >= 11 is 1.72. The molecule has 0 saturated carbocycles. The lowest BCUT2D eigenvalue weighted by Crippen LogP contribution is -2.13. The van der Waals surface area contributed by atoms with Crippen LogP contribution in [0.2, 0.25) is 0 Å². The normalized spacial score (nSPS) is 18.7. The molecule has 1 saturated heterocycles. The highest BCUT2D eigenvalue weighted by atomic mass is 32.1. The number of hydrogen-bond acceptors (Lipinski definition) is 4. The second-order valence-electron chi connectivity index (χ2n) is 3.60. The number of hydrogen-bond donors (Lipinski definition) is 1. The molecule has 0 unspecified atom stereocenters. The number of aliphatic hydroxyl groups excluding tert-OH is 1. The summed E-state index contributed by atoms with van der Waals surface area (Å²) in [4.78, 5) is 5.61. The highest BCUT2D eigenvalue weighted by Crippen LogP contribution is 2.31. The van der Waals surface area contributed by atoms with Crippen LogP contribution in [0.4, 0.5) is 0 Å². The van der Waals surface area contributed by atoms with Gasteiger partial charge in [0, 0.05) is 24.0 Å². The van der Waals surface area contributed by atoms with E-state index in [1.54, 1.807) is 11.3 Å². The van der Waals surface area contributed by atoms with Gasteiger partial charge in [0.2, 0.25) is 0 Å². The Morgan fingerprint density at radius 3 is 2.79 bits per heavy atom. The third kappa shape index (κ3) is 1.97. The smallest absolute Gasteiger partial charge is 0.0964 e. The monoisotopic (exact) mass is 213 g/mol. The molecule has 78 valence electrons. The summed E-state index contributed by atoms with van der Waals surface area (Å²) in [6.45, 7) is 3.77. The van der Waals surface area contributed by atoms with Gasteiger partial charge >= 0.3 is 0 Å². The van der Waals surface area contributed by atoms with E-state index in [0.29, 0.717) is 5.92 Å². The molecule has 0 spiro atoms. The summed E-state index contributed by atoms with van der Waals surface area (Å²) < 4.78 is 5.31. The van der Waals surface area contributed by atoms with Crippen LogP contribution < -0.4 is 0 Å². The van der Waals surface area contributed by atoms with E-state index in [4.69, 9.17) is 9.84 Å². The molecule has 4 heteroatoms. The van der Waals surface area contributed by atoms with E-state index < -0.39 is 0 Å². The summed E-state index contributed by atoms with van der Waals surface area (Å²) in [7, 11) is 0. The van der Waals surface area contributed by atoms with Crippen molar-refractivity contribution in [2.45, 2.75) is 32.3 Å². The summed E-state index contributed by atoms with van der Waals surface area (Å²) in [5.41, 5.74) is 0.844. The first-order chi connectivity index (χ1) is 6.81. The lowest BCUT2D eigenvalue weighted by molar-refractivity contribution is 0.0852. The van der Waals surface area contributed by atoms with Gasteiger partial charge in [0.25, 0.3) is 0 Å². The molecule has 0 atom stereocenters. The lowest BCUT2D eigenvalue weighted by atomic mass is 10.0. The number of ether oxygens (including phenoxy) is 1. The molecule has 0 bridgehead atoms. The highest BCUT2D eigenvalue weighted by molar-refractivity contribution is 7.11. The van der Waals surface area contributed by atoms with Crippen molar-refractivity contribution in [3.8, 4) is 0 Å². The first kappa shape index (κ1) is 10.1. The quantitative estimate of drug-likeness (QED) is 0.815.